The van der Waals surface area contributed by atoms with E-state index in [9.17, 15) is 4.79 Å². The lowest BCUT2D eigenvalue weighted by molar-refractivity contribution is -0.117. The van der Waals surface area contributed by atoms with Crippen LogP contribution in [0.2, 0.25) is 0 Å². The van der Waals surface area contributed by atoms with Crippen molar-refractivity contribution in [2.75, 3.05) is 11.4 Å². The molecule has 0 radical (unpaired) electrons. The Hall–Kier alpha value is -2.95. The molecule has 1 atom stereocenters. The van der Waals surface area contributed by atoms with Crippen molar-refractivity contribution < 1.29 is 9.32 Å². The first-order chi connectivity index (χ1) is 13.3. The number of anilines is 1. The number of amides is 1. The van der Waals surface area contributed by atoms with Crippen LogP contribution in [0.15, 0.2) is 34.9 Å². The van der Waals surface area contributed by atoms with Gasteiger partial charge in [-0.15, -0.1) is 0 Å². The first-order valence-corrected chi connectivity index (χ1v) is 9.63. The van der Waals surface area contributed by atoms with Crippen LogP contribution in [-0.4, -0.2) is 22.6 Å². The van der Waals surface area contributed by atoms with Gasteiger partial charge >= 0.3 is 0 Å². The lowest BCUT2D eigenvalue weighted by Gasteiger charge is -2.21. The summed E-state index contributed by atoms with van der Waals surface area (Å²) in [7, 11) is 0. The Morgan fingerprint density at radius 1 is 0.964 bits per heavy atom. The van der Waals surface area contributed by atoms with Crippen LogP contribution in [0.4, 0.5) is 5.69 Å². The largest absolute Gasteiger partial charge is 0.339 e. The fourth-order valence-corrected chi connectivity index (χ4v) is 4.17. The molecule has 5 heteroatoms. The number of carbonyl (C=O) groups excluding carboxylic acids is 1. The Kier molecular flexibility index (Phi) is 4.53. The minimum atomic E-state index is -0.0843. The lowest BCUT2D eigenvalue weighted by atomic mass is 10.0. The summed E-state index contributed by atoms with van der Waals surface area (Å²) in [6.07, 6.45) is 0.390. The summed E-state index contributed by atoms with van der Waals surface area (Å²) in [6.45, 7) is 10.8. The normalized spacial score (nSPS) is 16.8. The van der Waals surface area contributed by atoms with E-state index in [1.165, 1.54) is 5.56 Å². The van der Waals surface area contributed by atoms with Gasteiger partial charge in [0.05, 0.1) is 5.92 Å². The number of aryl methyl sites for hydroxylation is 5. The SMILES string of the molecule is Cc1cc(C)c(N2CC(c3nc(-c4cc(C)ccc4C)no3)CC2=O)c(C)c1. The zero-order valence-electron chi connectivity index (χ0n) is 17.0. The summed E-state index contributed by atoms with van der Waals surface area (Å²) < 4.78 is 5.57. The number of benzene rings is 2. The highest BCUT2D eigenvalue weighted by Gasteiger charge is 2.36. The van der Waals surface area contributed by atoms with Crippen molar-refractivity contribution in [3.63, 3.8) is 0 Å². The second-order valence-corrected chi connectivity index (χ2v) is 7.93. The molecule has 1 aromatic heterocycles. The van der Waals surface area contributed by atoms with Crippen molar-refractivity contribution in [1.82, 2.24) is 10.1 Å². The second-order valence-electron chi connectivity index (χ2n) is 7.93. The van der Waals surface area contributed by atoms with E-state index < -0.39 is 0 Å². The first kappa shape index (κ1) is 18.4. The maximum Gasteiger partial charge on any atom is 0.232 e. The molecule has 2 heterocycles. The van der Waals surface area contributed by atoms with E-state index in [0.717, 1.165) is 33.5 Å². The van der Waals surface area contributed by atoms with Gasteiger partial charge in [0, 0.05) is 24.2 Å². The minimum Gasteiger partial charge on any atom is -0.339 e. The van der Waals surface area contributed by atoms with Gasteiger partial charge < -0.3 is 9.42 Å². The van der Waals surface area contributed by atoms with Gasteiger partial charge in [-0.05, 0) is 57.4 Å². The summed E-state index contributed by atoms with van der Waals surface area (Å²) in [5.74, 6) is 1.14. The maximum absolute atomic E-state index is 12.8. The predicted octanol–water partition coefficient (Wildman–Crippen LogP) is 4.80. The Morgan fingerprint density at radius 2 is 1.68 bits per heavy atom. The van der Waals surface area contributed by atoms with Gasteiger partial charge in [-0.3, -0.25) is 4.79 Å². The molecule has 0 bridgehead atoms. The summed E-state index contributed by atoms with van der Waals surface area (Å²) in [6, 6.07) is 10.4. The van der Waals surface area contributed by atoms with Gasteiger partial charge in [0.25, 0.3) is 0 Å². The molecule has 0 saturated carbocycles. The zero-order valence-corrected chi connectivity index (χ0v) is 17.0. The molecule has 0 N–H and O–H groups in total. The molecule has 28 heavy (non-hydrogen) atoms. The van der Waals surface area contributed by atoms with Crippen LogP contribution in [0.3, 0.4) is 0 Å². The quantitative estimate of drug-likeness (QED) is 0.660. The van der Waals surface area contributed by atoms with Crippen LogP contribution in [-0.2, 0) is 4.79 Å². The van der Waals surface area contributed by atoms with Crippen molar-refractivity contribution in [3.05, 3.63) is 64.0 Å². The third-order valence-electron chi connectivity index (χ3n) is 5.46. The Morgan fingerprint density at radius 3 is 2.39 bits per heavy atom. The van der Waals surface area contributed by atoms with Crippen LogP contribution in [0.5, 0.6) is 0 Å². The molecular formula is C23H25N3O2. The lowest BCUT2D eigenvalue weighted by Crippen LogP contribution is -2.26. The van der Waals surface area contributed by atoms with Crippen LogP contribution in [0.1, 0.15) is 46.0 Å². The van der Waals surface area contributed by atoms with Gasteiger partial charge in [-0.2, -0.15) is 4.98 Å². The average molecular weight is 375 g/mol. The highest BCUT2D eigenvalue weighted by atomic mass is 16.5. The van der Waals surface area contributed by atoms with Gasteiger partial charge in [-0.1, -0.05) is 40.5 Å². The number of rotatable bonds is 3. The molecule has 5 nitrogen and oxygen atoms in total. The Labute approximate surface area is 165 Å². The zero-order chi connectivity index (χ0) is 20.0. The topological polar surface area (TPSA) is 59.2 Å². The summed E-state index contributed by atoms with van der Waals surface area (Å²) >= 11 is 0. The van der Waals surface area contributed by atoms with Crippen molar-refractivity contribution in [1.29, 1.82) is 0 Å². The van der Waals surface area contributed by atoms with E-state index in [2.05, 4.69) is 61.2 Å². The monoisotopic (exact) mass is 375 g/mol. The fourth-order valence-electron chi connectivity index (χ4n) is 4.17. The molecule has 1 saturated heterocycles. The van der Waals surface area contributed by atoms with Crippen molar-refractivity contribution in [2.45, 2.75) is 47.0 Å². The molecule has 1 amide bonds. The molecule has 2 aromatic carbocycles. The van der Waals surface area contributed by atoms with E-state index in [1.54, 1.807) is 0 Å². The van der Waals surface area contributed by atoms with E-state index in [4.69, 9.17) is 4.52 Å². The molecule has 3 aromatic rings. The number of hydrogen-bond acceptors (Lipinski definition) is 4. The number of aromatic nitrogens is 2. The Bertz CT molecular complexity index is 1040. The smallest absolute Gasteiger partial charge is 0.232 e. The summed E-state index contributed by atoms with van der Waals surface area (Å²) in [5.41, 5.74) is 7.68. The third-order valence-corrected chi connectivity index (χ3v) is 5.46. The standard InChI is InChI=1S/C23H25N3O2/c1-13-6-7-15(3)19(10-13)22-24-23(28-25-22)18-11-20(27)26(12-18)21-16(4)8-14(2)9-17(21)5/h6-10,18H,11-12H2,1-5H3. The third kappa shape index (κ3) is 3.21. The molecule has 1 fully saturated rings. The Balaban J connectivity index is 1.62. The van der Waals surface area contributed by atoms with Crippen molar-refractivity contribution >= 4 is 11.6 Å². The number of hydrogen-bond donors (Lipinski definition) is 0. The highest BCUT2D eigenvalue weighted by molar-refractivity contribution is 5.97. The number of carbonyl (C=O) groups is 1. The molecule has 1 aliphatic rings. The molecule has 0 aliphatic carbocycles. The fraction of sp³-hybridized carbons (Fsp3) is 0.348. The van der Waals surface area contributed by atoms with Gasteiger partial charge in [0.15, 0.2) is 0 Å². The molecule has 4 rings (SSSR count). The van der Waals surface area contributed by atoms with E-state index >= 15 is 0 Å². The van der Waals surface area contributed by atoms with Crippen LogP contribution < -0.4 is 4.90 Å². The van der Waals surface area contributed by atoms with Gasteiger partial charge in [-0.25, -0.2) is 0 Å². The molecular weight excluding hydrogens is 350 g/mol. The molecule has 0 spiro atoms. The van der Waals surface area contributed by atoms with E-state index in [-0.39, 0.29) is 11.8 Å². The predicted molar refractivity (Wildman–Crippen MR) is 110 cm³/mol. The number of nitrogens with zero attached hydrogens (tertiary/aromatic N) is 3. The van der Waals surface area contributed by atoms with Crippen LogP contribution in [0, 0.1) is 34.6 Å². The van der Waals surface area contributed by atoms with E-state index in [1.807, 2.05) is 18.7 Å². The van der Waals surface area contributed by atoms with Crippen LogP contribution in [0.25, 0.3) is 11.4 Å². The average Bonchev–Trinajstić information content (AvgIpc) is 3.24. The van der Waals surface area contributed by atoms with Gasteiger partial charge in [0.1, 0.15) is 0 Å². The maximum atomic E-state index is 12.8. The van der Waals surface area contributed by atoms with E-state index in [0.29, 0.717) is 24.7 Å². The molecule has 144 valence electrons. The van der Waals surface area contributed by atoms with Crippen molar-refractivity contribution in [2.24, 2.45) is 0 Å². The highest BCUT2D eigenvalue weighted by Crippen LogP contribution is 2.36. The molecule has 1 aliphatic heterocycles. The van der Waals surface area contributed by atoms with Crippen LogP contribution >= 0.6 is 0 Å². The minimum absolute atomic E-state index is 0.0843. The summed E-state index contributed by atoms with van der Waals surface area (Å²) in [4.78, 5) is 19.3. The van der Waals surface area contributed by atoms with Gasteiger partial charge in [0.2, 0.25) is 17.6 Å². The molecule has 1 unspecified atom stereocenters. The summed E-state index contributed by atoms with van der Waals surface area (Å²) in [5, 5.41) is 4.19. The first-order valence-electron chi connectivity index (χ1n) is 9.63. The second kappa shape index (κ2) is 6.89. The van der Waals surface area contributed by atoms with Crippen molar-refractivity contribution in [3.8, 4) is 11.4 Å².